The van der Waals surface area contributed by atoms with E-state index in [2.05, 4.69) is 84.9 Å². The van der Waals surface area contributed by atoms with Crippen LogP contribution in [0.15, 0.2) is 84.9 Å². The number of rotatable bonds is 2. The standard InChI is InChI=1S/C12H11P.C6H4.CH2O2/c1-3-7-11(8-4-1)13-12-9-5-2-6-10-12;1-2-6-4-3-5(1)6;2-1-3/h1-10,13H;1-4H;1H,(H,2,3). The fraction of sp³-hybridized carbons (Fsp3) is 0. The molecule has 0 bridgehead atoms. The summed E-state index contributed by atoms with van der Waals surface area (Å²) in [6, 6.07) is 29.6. The van der Waals surface area contributed by atoms with Crippen molar-refractivity contribution in [2.45, 2.75) is 0 Å². The fourth-order valence-corrected chi connectivity index (χ4v) is 2.92. The van der Waals surface area contributed by atoms with Gasteiger partial charge in [0.1, 0.15) is 0 Å². The van der Waals surface area contributed by atoms with E-state index in [1.54, 1.807) is 0 Å². The maximum atomic E-state index is 8.36. The minimum absolute atomic E-state index is 0.250. The maximum absolute atomic E-state index is 8.36. The molecule has 110 valence electrons. The first-order chi connectivity index (χ1) is 10.8. The molecule has 0 spiro atoms. The van der Waals surface area contributed by atoms with E-state index in [4.69, 9.17) is 9.90 Å². The molecule has 0 aliphatic heterocycles. The molecule has 0 saturated heterocycles. The normalized spacial score (nSPS) is 9.45. The number of benzene rings is 3. The Morgan fingerprint density at radius 2 is 0.955 bits per heavy atom. The lowest BCUT2D eigenvalue weighted by molar-refractivity contribution is -0.122. The Morgan fingerprint density at radius 3 is 1.18 bits per heavy atom. The van der Waals surface area contributed by atoms with Crippen molar-refractivity contribution in [3.05, 3.63) is 84.9 Å². The van der Waals surface area contributed by atoms with Crippen molar-refractivity contribution in [3.8, 4) is 11.1 Å². The van der Waals surface area contributed by atoms with Crippen LogP contribution in [0.3, 0.4) is 0 Å². The molecule has 4 rings (SSSR count). The van der Waals surface area contributed by atoms with Gasteiger partial charge in [0, 0.05) is 0 Å². The zero-order valence-electron chi connectivity index (χ0n) is 12.0. The van der Waals surface area contributed by atoms with Crippen molar-refractivity contribution < 1.29 is 9.90 Å². The third kappa shape index (κ3) is 4.83. The van der Waals surface area contributed by atoms with Crippen LogP contribution < -0.4 is 10.6 Å². The lowest BCUT2D eigenvalue weighted by Crippen LogP contribution is -2.01. The van der Waals surface area contributed by atoms with Crippen molar-refractivity contribution in [1.82, 2.24) is 0 Å². The number of hydrogen-bond acceptors (Lipinski definition) is 1. The minimum Gasteiger partial charge on any atom is -0.483 e. The van der Waals surface area contributed by atoms with Crippen LogP contribution >= 0.6 is 8.58 Å². The lowest BCUT2D eigenvalue weighted by atomic mass is 9.95. The first kappa shape index (κ1) is 15.9. The van der Waals surface area contributed by atoms with E-state index in [0.717, 1.165) is 8.58 Å². The van der Waals surface area contributed by atoms with Gasteiger partial charge < -0.3 is 5.11 Å². The second kappa shape index (κ2) is 8.76. The van der Waals surface area contributed by atoms with Crippen molar-refractivity contribution in [3.63, 3.8) is 0 Å². The van der Waals surface area contributed by atoms with Crippen LogP contribution in [-0.4, -0.2) is 11.6 Å². The summed E-state index contributed by atoms with van der Waals surface area (Å²) in [5, 5.41) is 9.68. The average Bonchev–Trinajstić information content (AvgIpc) is 2.54. The van der Waals surface area contributed by atoms with E-state index >= 15 is 0 Å². The summed E-state index contributed by atoms with van der Waals surface area (Å²) in [5.74, 6) is 0. The summed E-state index contributed by atoms with van der Waals surface area (Å²) < 4.78 is 0. The van der Waals surface area contributed by atoms with Gasteiger partial charge in [0.2, 0.25) is 0 Å². The molecule has 1 N–H and O–H groups in total. The van der Waals surface area contributed by atoms with Crippen molar-refractivity contribution in [2.24, 2.45) is 0 Å². The fourth-order valence-electron chi connectivity index (χ4n) is 1.87. The maximum Gasteiger partial charge on any atom is 0.290 e. The summed E-state index contributed by atoms with van der Waals surface area (Å²) in [4.78, 5) is 8.36. The molecule has 0 aromatic heterocycles. The van der Waals surface area contributed by atoms with E-state index in [1.165, 1.54) is 21.7 Å². The molecule has 0 unspecified atom stereocenters. The highest BCUT2D eigenvalue weighted by molar-refractivity contribution is 7.55. The predicted octanol–water partition coefficient (Wildman–Crippen LogP) is 3.68. The SMILES string of the molecule is O=CO.c1cc2ccc1-2.c1ccc(Pc2ccccc2)cc1. The Balaban J connectivity index is 0.000000161. The van der Waals surface area contributed by atoms with Crippen LogP contribution in [-0.2, 0) is 4.79 Å². The highest BCUT2D eigenvalue weighted by atomic mass is 31.1. The molecule has 0 saturated carbocycles. The Kier molecular flexibility index (Phi) is 6.35. The topological polar surface area (TPSA) is 37.3 Å². The average molecular weight is 308 g/mol. The van der Waals surface area contributed by atoms with Gasteiger partial charge >= 0.3 is 0 Å². The van der Waals surface area contributed by atoms with Gasteiger partial charge in [-0.1, -0.05) is 93.5 Å². The first-order valence-electron chi connectivity index (χ1n) is 6.89. The molecular formula is C19H17O2P. The molecule has 2 aromatic rings. The Bertz CT molecular complexity index is 621. The lowest BCUT2D eigenvalue weighted by Gasteiger charge is -2.10. The number of carboxylic acid groups (broad SMARTS) is 1. The molecule has 22 heavy (non-hydrogen) atoms. The van der Waals surface area contributed by atoms with E-state index < -0.39 is 0 Å². The van der Waals surface area contributed by atoms with Gasteiger partial charge in [0.25, 0.3) is 6.47 Å². The minimum atomic E-state index is -0.250. The second-order valence-electron chi connectivity index (χ2n) is 4.54. The Hall–Kier alpha value is -2.44. The van der Waals surface area contributed by atoms with Crippen molar-refractivity contribution in [2.75, 3.05) is 0 Å². The van der Waals surface area contributed by atoms with Gasteiger partial charge in [0.05, 0.1) is 0 Å². The van der Waals surface area contributed by atoms with Gasteiger partial charge in [-0.2, -0.15) is 0 Å². The summed E-state index contributed by atoms with van der Waals surface area (Å²) in [7, 11) is 0.777. The van der Waals surface area contributed by atoms with Crippen LogP contribution in [0, 0.1) is 0 Å². The van der Waals surface area contributed by atoms with Crippen LogP contribution in [0.1, 0.15) is 0 Å². The molecule has 2 nitrogen and oxygen atoms in total. The Morgan fingerprint density at radius 1 is 0.636 bits per heavy atom. The molecule has 0 radical (unpaired) electrons. The van der Waals surface area contributed by atoms with Crippen LogP contribution in [0.4, 0.5) is 0 Å². The highest BCUT2D eigenvalue weighted by Crippen LogP contribution is 2.29. The van der Waals surface area contributed by atoms with E-state index in [9.17, 15) is 0 Å². The molecule has 0 atom stereocenters. The van der Waals surface area contributed by atoms with E-state index in [1.807, 2.05) is 0 Å². The van der Waals surface area contributed by atoms with Crippen LogP contribution in [0.5, 0.6) is 0 Å². The van der Waals surface area contributed by atoms with Gasteiger partial charge in [-0.25, -0.2) is 0 Å². The molecule has 0 fully saturated rings. The predicted molar refractivity (Wildman–Crippen MR) is 94.6 cm³/mol. The van der Waals surface area contributed by atoms with E-state index in [-0.39, 0.29) is 6.47 Å². The zero-order chi connectivity index (χ0) is 15.6. The van der Waals surface area contributed by atoms with Gasteiger partial charge in [-0.05, 0) is 21.7 Å². The second-order valence-corrected chi connectivity index (χ2v) is 5.94. The third-order valence-corrected chi connectivity index (χ3v) is 4.30. The molecule has 0 amide bonds. The van der Waals surface area contributed by atoms with Crippen molar-refractivity contribution >= 4 is 25.7 Å². The Labute approximate surface area is 132 Å². The molecule has 3 heteroatoms. The van der Waals surface area contributed by atoms with Crippen LogP contribution in [0.2, 0.25) is 0 Å². The van der Waals surface area contributed by atoms with Crippen LogP contribution in [0.25, 0.3) is 11.1 Å². The van der Waals surface area contributed by atoms with E-state index in [0.29, 0.717) is 0 Å². The largest absolute Gasteiger partial charge is 0.483 e. The molecule has 2 aromatic carbocycles. The summed E-state index contributed by atoms with van der Waals surface area (Å²) in [6.07, 6.45) is 0. The zero-order valence-corrected chi connectivity index (χ0v) is 13.0. The number of carbonyl (C=O) groups is 1. The summed E-state index contributed by atoms with van der Waals surface area (Å²) in [6.45, 7) is -0.250. The molecule has 0 heterocycles. The van der Waals surface area contributed by atoms with Gasteiger partial charge in [-0.15, -0.1) is 0 Å². The molecule has 2 aliphatic rings. The summed E-state index contributed by atoms with van der Waals surface area (Å²) >= 11 is 0. The molecular weight excluding hydrogens is 291 g/mol. The third-order valence-electron chi connectivity index (χ3n) is 3.05. The number of fused-ring (bicyclic) bond motifs is 1. The van der Waals surface area contributed by atoms with Gasteiger partial charge in [0.15, 0.2) is 0 Å². The van der Waals surface area contributed by atoms with Crippen molar-refractivity contribution in [1.29, 1.82) is 0 Å². The smallest absolute Gasteiger partial charge is 0.290 e. The first-order valence-corrected chi connectivity index (χ1v) is 7.89. The summed E-state index contributed by atoms with van der Waals surface area (Å²) in [5.41, 5.74) is 2.85. The monoisotopic (exact) mass is 308 g/mol. The van der Waals surface area contributed by atoms with Gasteiger partial charge in [-0.3, -0.25) is 4.79 Å². The highest BCUT2D eigenvalue weighted by Gasteiger charge is 2.03. The quantitative estimate of drug-likeness (QED) is 0.453. The number of hydrogen-bond donors (Lipinski definition) is 1. The molecule has 2 aliphatic carbocycles.